The van der Waals surface area contributed by atoms with Crippen molar-refractivity contribution in [3.8, 4) is 0 Å². The number of amides is 1. The first-order valence-corrected chi connectivity index (χ1v) is 8.00. The van der Waals surface area contributed by atoms with Crippen LogP contribution in [0.25, 0.3) is 0 Å². The monoisotopic (exact) mass is 312 g/mol. The number of anilines is 1. The third-order valence-electron chi connectivity index (χ3n) is 4.19. The van der Waals surface area contributed by atoms with Gasteiger partial charge in [-0.1, -0.05) is 17.7 Å². The van der Waals surface area contributed by atoms with Gasteiger partial charge in [-0.25, -0.2) is 4.39 Å². The first-order valence-electron chi connectivity index (χ1n) is 8.00. The second-order valence-corrected chi connectivity index (χ2v) is 6.11. The molecule has 1 aliphatic heterocycles. The molecule has 1 atom stereocenters. The molecular formula is C19H21FN2O. The Bertz CT molecular complexity index is 684. The summed E-state index contributed by atoms with van der Waals surface area (Å²) in [7, 11) is 0. The summed E-state index contributed by atoms with van der Waals surface area (Å²) in [5.41, 5.74) is 2.72. The van der Waals surface area contributed by atoms with Crippen LogP contribution in [-0.2, 0) is 0 Å². The van der Waals surface area contributed by atoms with Gasteiger partial charge in [0.2, 0.25) is 0 Å². The molecule has 120 valence electrons. The van der Waals surface area contributed by atoms with Crippen LogP contribution >= 0.6 is 0 Å². The van der Waals surface area contributed by atoms with E-state index in [2.05, 4.69) is 5.32 Å². The van der Waals surface area contributed by atoms with E-state index in [0.29, 0.717) is 6.54 Å². The zero-order valence-electron chi connectivity index (χ0n) is 13.3. The summed E-state index contributed by atoms with van der Waals surface area (Å²) in [5, 5.41) is 3.40. The first kappa shape index (κ1) is 15.5. The fourth-order valence-corrected chi connectivity index (χ4v) is 3.02. The second-order valence-electron chi connectivity index (χ2n) is 6.11. The minimum atomic E-state index is -0.240. The number of aryl methyl sites for hydroxylation is 1. The van der Waals surface area contributed by atoms with E-state index in [4.69, 9.17) is 0 Å². The predicted octanol–water partition coefficient (Wildman–Crippen LogP) is 3.85. The van der Waals surface area contributed by atoms with Gasteiger partial charge in [-0.2, -0.15) is 0 Å². The highest BCUT2D eigenvalue weighted by atomic mass is 19.1. The van der Waals surface area contributed by atoms with E-state index in [0.717, 1.165) is 36.2 Å². The average molecular weight is 312 g/mol. The van der Waals surface area contributed by atoms with E-state index in [-0.39, 0.29) is 17.8 Å². The van der Waals surface area contributed by atoms with Gasteiger partial charge in [-0.05, 0) is 56.2 Å². The van der Waals surface area contributed by atoms with Gasteiger partial charge in [0.05, 0.1) is 0 Å². The number of likely N-dealkylation sites (tertiary alicyclic amines) is 1. The molecule has 0 aliphatic carbocycles. The quantitative estimate of drug-likeness (QED) is 0.933. The molecule has 0 bridgehead atoms. The first-order chi connectivity index (χ1) is 11.1. The molecule has 23 heavy (non-hydrogen) atoms. The molecule has 1 heterocycles. The van der Waals surface area contributed by atoms with Gasteiger partial charge in [0.15, 0.2) is 0 Å². The molecule has 2 aromatic carbocycles. The second kappa shape index (κ2) is 6.82. The van der Waals surface area contributed by atoms with Gasteiger partial charge in [0.1, 0.15) is 5.82 Å². The minimum Gasteiger partial charge on any atom is -0.381 e. The molecule has 1 saturated heterocycles. The molecule has 0 spiro atoms. The van der Waals surface area contributed by atoms with Crippen molar-refractivity contribution in [1.29, 1.82) is 0 Å². The molecule has 0 saturated carbocycles. The Labute approximate surface area is 136 Å². The van der Waals surface area contributed by atoms with Crippen molar-refractivity contribution in [2.24, 2.45) is 0 Å². The van der Waals surface area contributed by atoms with Crippen molar-refractivity contribution < 1.29 is 9.18 Å². The highest BCUT2D eigenvalue weighted by Crippen LogP contribution is 2.18. The SMILES string of the molecule is Cc1cccc(C(=O)N2CCC[C@@H](Nc3ccc(F)cc3)C2)c1. The van der Waals surface area contributed by atoms with Gasteiger partial charge < -0.3 is 10.2 Å². The Kier molecular flexibility index (Phi) is 4.60. The lowest BCUT2D eigenvalue weighted by Gasteiger charge is -2.33. The standard InChI is InChI=1S/C19H21FN2O/c1-14-4-2-5-15(12-14)19(23)22-11-3-6-18(13-22)21-17-9-7-16(20)8-10-17/h2,4-5,7-10,12,18,21H,3,6,11,13H2,1H3/t18-/m1/s1. The van der Waals surface area contributed by atoms with E-state index >= 15 is 0 Å². The van der Waals surface area contributed by atoms with Crippen molar-refractivity contribution in [3.05, 3.63) is 65.5 Å². The van der Waals surface area contributed by atoms with Crippen LogP contribution in [0.5, 0.6) is 0 Å². The maximum atomic E-state index is 13.0. The van der Waals surface area contributed by atoms with Crippen LogP contribution in [-0.4, -0.2) is 29.9 Å². The summed E-state index contributed by atoms with van der Waals surface area (Å²) in [6.45, 7) is 3.45. The number of carbonyl (C=O) groups excluding carboxylic acids is 1. The molecule has 1 fully saturated rings. The summed E-state index contributed by atoms with van der Waals surface area (Å²) in [6, 6.07) is 14.3. The van der Waals surface area contributed by atoms with Crippen molar-refractivity contribution in [1.82, 2.24) is 4.90 Å². The predicted molar refractivity (Wildman–Crippen MR) is 90.1 cm³/mol. The van der Waals surface area contributed by atoms with Crippen LogP contribution in [0, 0.1) is 12.7 Å². The van der Waals surface area contributed by atoms with E-state index in [1.807, 2.05) is 36.1 Å². The van der Waals surface area contributed by atoms with E-state index in [1.165, 1.54) is 12.1 Å². The van der Waals surface area contributed by atoms with Gasteiger partial charge in [0, 0.05) is 30.4 Å². The molecule has 1 aliphatic rings. The smallest absolute Gasteiger partial charge is 0.253 e. The van der Waals surface area contributed by atoms with Crippen LogP contribution < -0.4 is 5.32 Å². The lowest BCUT2D eigenvalue weighted by molar-refractivity contribution is 0.0714. The van der Waals surface area contributed by atoms with Crippen LogP contribution in [0.3, 0.4) is 0 Å². The fourth-order valence-electron chi connectivity index (χ4n) is 3.02. The van der Waals surface area contributed by atoms with Crippen LogP contribution in [0.15, 0.2) is 48.5 Å². The number of halogens is 1. The molecule has 2 aromatic rings. The van der Waals surface area contributed by atoms with E-state index in [9.17, 15) is 9.18 Å². The largest absolute Gasteiger partial charge is 0.381 e. The molecule has 1 N–H and O–H groups in total. The minimum absolute atomic E-state index is 0.0827. The highest BCUT2D eigenvalue weighted by Gasteiger charge is 2.24. The molecule has 3 rings (SSSR count). The maximum absolute atomic E-state index is 13.0. The van der Waals surface area contributed by atoms with Gasteiger partial charge in [-0.15, -0.1) is 0 Å². The van der Waals surface area contributed by atoms with Gasteiger partial charge in [-0.3, -0.25) is 4.79 Å². The van der Waals surface area contributed by atoms with E-state index in [1.54, 1.807) is 12.1 Å². The van der Waals surface area contributed by atoms with Crippen molar-refractivity contribution in [3.63, 3.8) is 0 Å². The number of rotatable bonds is 3. The molecule has 1 amide bonds. The normalized spacial score (nSPS) is 17.8. The number of piperidine rings is 1. The molecule has 4 heteroatoms. The van der Waals surface area contributed by atoms with E-state index < -0.39 is 0 Å². The van der Waals surface area contributed by atoms with Crippen molar-refractivity contribution in [2.45, 2.75) is 25.8 Å². The van der Waals surface area contributed by atoms with Crippen LogP contribution in [0.1, 0.15) is 28.8 Å². The van der Waals surface area contributed by atoms with Gasteiger partial charge in [0.25, 0.3) is 5.91 Å². The zero-order chi connectivity index (χ0) is 16.2. The number of benzene rings is 2. The Morgan fingerprint density at radius 1 is 1.22 bits per heavy atom. The molecule has 3 nitrogen and oxygen atoms in total. The Morgan fingerprint density at radius 2 is 2.00 bits per heavy atom. The molecular weight excluding hydrogens is 291 g/mol. The third kappa shape index (κ3) is 3.89. The Balaban J connectivity index is 1.66. The number of hydrogen-bond donors (Lipinski definition) is 1. The summed E-state index contributed by atoms with van der Waals surface area (Å²) in [5.74, 6) is -0.158. The van der Waals surface area contributed by atoms with Crippen molar-refractivity contribution >= 4 is 11.6 Å². The summed E-state index contributed by atoms with van der Waals surface area (Å²) in [6.07, 6.45) is 1.98. The number of nitrogens with one attached hydrogen (secondary N) is 1. The lowest BCUT2D eigenvalue weighted by atomic mass is 10.0. The molecule has 0 unspecified atom stereocenters. The maximum Gasteiger partial charge on any atom is 0.253 e. The third-order valence-corrected chi connectivity index (χ3v) is 4.19. The summed E-state index contributed by atoms with van der Waals surface area (Å²) in [4.78, 5) is 14.5. The fraction of sp³-hybridized carbons (Fsp3) is 0.316. The van der Waals surface area contributed by atoms with Crippen LogP contribution in [0.4, 0.5) is 10.1 Å². The Morgan fingerprint density at radius 3 is 2.74 bits per heavy atom. The molecule has 0 radical (unpaired) electrons. The summed E-state index contributed by atoms with van der Waals surface area (Å²) < 4.78 is 13.0. The number of nitrogens with zero attached hydrogens (tertiary/aromatic N) is 1. The van der Waals surface area contributed by atoms with Gasteiger partial charge >= 0.3 is 0 Å². The zero-order valence-corrected chi connectivity index (χ0v) is 13.3. The number of hydrogen-bond acceptors (Lipinski definition) is 2. The van der Waals surface area contributed by atoms with Crippen LogP contribution in [0.2, 0.25) is 0 Å². The lowest BCUT2D eigenvalue weighted by Crippen LogP contribution is -2.45. The average Bonchev–Trinajstić information content (AvgIpc) is 2.56. The Hall–Kier alpha value is -2.36. The number of carbonyl (C=O) groups is 1. The molecule has 0 aromatic heterocycles. The topological polar surface area (TPSA) is 32.3 Å². The summed E-state index contributed by atoms with van der Waals surface area (Å²) >= 11 is 0. The van der Waals surface area contributed by atoms with Crippen molar-refractivity contribution in [2.75, 3.05) is 18.4 Å². The highest BCUT2D eigenvalue weighted by molar-refractivity contribution is 5.94.